The third-order valence-electron chi connectivity index (χ3n) is 11.3. The molecule has 0 aromatic heterocycles. The summed E-state index contributed by atoms with van der Waals surface area (Å²) >= 11 is 0. The Morgan fingerprint density at radius 2 is 1.47 bits per heavy atom. The van der Waals surface area contributed by atoms with E-state index in [0.717, 1.165) is 38.5 Å². The Bertz CT molecular complexity index is 1100. The standard InChI is InChI=1S/C36H63NO11S/c1-2-3-4-5-6-7-8-9-10-11-12-13-14-15-29(39)28(37-31(40)22-36-19-25-16-26(20-36)18-27(17-25)21-36)24-46-35-33(42)34(48-49(43,44)45)32(41)30(23-38)47-35/h14-15,25-30,32-35,38-39,41-42H,2-13,16-24H2,1H3,(H,37,40)(H,43,44,45)/b15-14+/t25?,26?,27?,28-,29+,30+,32-,33+,34-,35?,36?/m0/s1. The first kappa shape index (κ1) is 40.6. The van der Waals surface area contributed by atoms with Gasteiger partial charge in [0.15, 0.2) is 6.29 Å². The van der Waals surface area contributed by atoms with Gasteiger partial charge in [-0.25, -0.2) is 4.18 Å². The fourth-order valence-corrected chi connectivity index (χ4v) is 9.78. The van der Waals surface area contributed by atoms with Crippen molar-refractivity contribution in [2.45, 2.75) is 172 Å². The van der Waals surface area contributed by atoms with Crippen LogP contribution >= 0.6 is 0 Å². The van der Waals surface area contributed by atoms with E-state index in [4.69, 9.17) is 14.0 Å². The monoisotopic (exact) mass is 717 g/mol. The van der Waals surface area contributed by atoms with Gasteiger partial charge in [-0.3, -0.25) is 9.35 Å². The molecular formula is C36H63NO11S. The van der Waals surface area contributed by atoms with Gasteiger partial charge in [0.25, 0.3) is 0 Å². The van der Waals surface area contributed by atoms with Crippen molar-refractivity contribution in [2.75, 3.05) is 13.2 Å². The maximum Gasteiger partial charge on any atom is 0.397 e. The predicted molar refractivity (Wildman–Crippen MR) is 184 cm³/mol. The summed E-state index contributed by atoms with van der Waals surface area (Å²) in [5, 5.41) is 44.9. The first-order valence-corrected chi connectivity index (χ1v) is 20.3. The van der Waals surface area contributed by atoms with E-state index in [1.807, 2.05) is 6.08 Å². The molecule has 1 saturated heterocycles. The minimum Gasteiger partial charge on any atom is -0.394 e. The summed E-state index contributed by atoms with van der Waals surface area (Å²) in [4.78, 5) is 13.5. The zero-order chi connectivity index (χ0) is 35.4. The molecule has 4 saturated carbocycles. The molecule has 12 nitrogen and oxygen atoms in total. The number of ether oxygens (including phenoxy) is 2. The van der Waals surface area contributed by atoms with Crippen molar-refractivity contribution >= 4 is 16.3 Å². The van der Waals surface area contributed by atoms with Crippen LogP contribution in [0.15, 0.2) is 12.2 Å². The minimum absolute atomic E-state index is 0.0202. The number of nitrogens with one attached hydrogen (secondary N) is 1. The average Bonchev–Trinajstić information content (AvgIpc) is 3.02. The first-order chi connectivity index (χ1) is 23.4. The lowest BCUT2D eigenvalue weighted by atomic mass is 9.49. The van der Waals surface area contributed by atoms with Gasteiger partial charge >= 0.3 is 10.4 Å². The Balaban J connectivity index is 1.30. The fraction of sp³-hybridized carbons (Fsp3) is 0.917. The predicted octanol–water partition coefficient (Wildman–Crippen LogP) is 4.34. The van der Waals surface area contributed by atoms with E-state index in [1.54, 1.807) is 6.08 Å². The lowest BCUT2D eigenvalue weighted by molar-refractivity contribution is -0.298. The molecule has 49 heavy (non-hydrogen) atoms. The van der Waals surface area contributed by atoms with Gasteiger partial charge in [-0.2, -0.15) is 8.42 Å². The number of unbranched alkanes of at least 4 members (excludes halogenated alkanes) is 11. The number of aliphatic hydroxyl groups is 4. The lowest BCUT2D eigenvalue weighted by Crippen LogP contribution is -2.61. The molecule has 6 N–H and O–H groups in total. The van der Waals surface area contributed by atoms with Crippen LogP contribution < -0.4 is 5.32 Å². The van der Waals surface area contributed by atoms with E-state index < -0.39 is 59.9 Å². The molecule has 5 aliphatic rings. The van der Waals surface area contributed by atoms with Gasteiger partial charge in [0, 0.05) is 6.42 Å². The molecule has 4 aliphatic carbocycles. The van der Waals surface area contributed by atoms with Gasteiger partial charge in [0.2, 0.25) is 5.91 Å². The summed E-state index contributed by atoms with van der Waals surface area (Å²) in [6, 6.07) is -0.925. The van der Waals surface area contributed by atoms with Crippen molar-refractivity contribution in [3.05, 3.63) is 12.2 Å². The zero-order valence-electron chi connectivity index (χ0n) is 29.4. The number of rotatable bonds is 23. The molecule has 4 bridgehead atoms. The minimum atomic E-state index is -5.07. The van der Waals surface area contributed by atoms with Crippen LogP contribution in [0.3, 0.4) is 0 Å². The van der Waals surface area contributed by atoms with Gasteiger partial charge in [-0.1, -0.05) is 83.3 Å². The second kappa shape index (κ2) is 19.6. The molecule has 0 aromatic rings. The number of hydrogen-bond donors (Lipinski definition) is 6. The highest BCUT2D eigenvalue weighted by Gasteiger charge is 2.52. The van der Waals surface area contributed by atoms with Crippen LogP contribution in [-0.4, -0.2) is 95.4 Å². The van der Waals surface area contributed by atoms with Gasteiger partial charge in [0.05, 0.1) is 25.4 Å². The van der Waals surface area contributed by atoms with Gasteiger partial charge in [-0.05, 0) is 74.5 Å². The largest absolute Gasteiger partial charge is 0.397 e. The van der Waals surface area contributed by atoms with Crippen LogP contribution in [0.5, 0.6) is 0 Å². The number of allylic oxidation sites excluding steroid dienone is 1. The molecular weight excluding hydrogens is 654 g/mol. The van der Waals surface area contributed by atoms with E-state index in [1.165, 1.54) is 77.0 Å². The van der Waals surface area contributed by atoms with Gasteiger partial charge < -0.3 is 35.2 Å². The Morgan fingerprint density at radius 1 is 0.918 bits per heavy atom. The van der Waals surface area contributed by atoms with E-state index in [9.17, 15) is 33.6 Å². The molecule has 1 unspecified atom stereocenters. The van der Waals surface area contributed by atoms with Crippen LogP contribution in [0.1, 0.15) is 129 Å². The molecule has 7 atom stereocenters. The Labute approximate surface area is 293 Å². The molecule has 5 fully saturated rings. The van der Waals surface area contributed by atoms with E-state index in [-0.39, 0.29) is 17.9 Å². The van der Waals surface area contributed by atoms with Crippen molar-refractivity contribution in [1.82, 2.24) is 5.32 Å². The highest BCUT2D eigenvalue weighted by atomic mass is 32.3. The quantitative estimate of drug-likeness (QED) is 0.0501. The summed E-state index contributed by atoms with van der Waals surface area (Å²) in [6.07, 6.45) is 15.6. The van der Waals surface area contributed by atoms with Crippen molar-refractivity contribution in [1.29, 1.82) is 0 Å². The number of hydrogen-bond acceptors (Lipinski definition) is 10. The number of carbonyl (C=O) groups is 1. The molecule has 13 heteroatoms. The van der Waals surface area contributed by atoms with E-state index in [0.29, 0.717) is 24.2 Å². The Hall–Kier alpha value is -1.16. The molecule has 284 valence electrons. The maximum atomic E-state index is 13.5. The van der Waals surface area contributed by atoms with E-state index in [2.05, 4.69) is 16.4 Å². The van der Waals surface area contributed by atoms with Crippen molar-refractivity contribution in [2.24, 2.45) is 23.2 Å². The molecule has 1 heterocycles. The maximum absolute atomic E-state index is 13.5. The normalized spacial score (nSPS) is 34.0. The van der Waals surface area contributed by atoms with Gasteiger partial charge in [-0.15, -0.1) is 0 Å². The fourth-order valence-electron chi connectivity index (χ4n) is 9.27. The molecule has 0 aromatic carbocycles. The average molecular weight is 718 g/mol. The third kappa shape index (κ3) is 12.8. The molecule has 1 amide bonds. The highest BCUT2D eigenvalue weighted by molar-refractivity contribution is 7.80. The SMILES string of the molecule is CCCCCCCCCCCCC/C=C/[C@@H](O)[C@H](COC1O[C@H](CO)[C@H](O)[C@H](OS(=O)(=O)O)[C@H]1O)NC(=O)CC12CC3CC(CC(C3)C1)C2. The van der Waals surface area contributed by atoms with Crippen molar-refractivity contribution < 1.29 is 51.8 Å². The number of aliphatic hydroxyl groups excluding tert-OH is 4. The Morgan fingerprint density at radius 3 is 2.00 bits per heavy atom. The molecule has 5 rings (SSSR count). The topological polar surface area (TPSA) is 192 Å². The van der Waals surface area contributed by atoms with Crippen LogP contribution in [0, 0.1) is 23.2 Å². The zero-order valence-corrected chi connectivity index (χ0v) is 30.2. The summed E-state index contributed by atoms with van der Waals surface area (Å²) in [5.41, 5.74) is -0.0202. The summed E-state index contributed by atoms with van der Waals surface area (Å²) in [6.45, 7) is 1.15. The lowest BCUT2D eigenvalue weighted by Gasteiger charge is -2.56. The van der Waals surface area contributed by atoms with Crippen molar-refractivity contribution in [3.8, 4) is 0 Å². The van der Waals surface area contributed by atoms with Crippen LogP contribution in [-0.2, 0) is 28.9 Å². The van der Waals surface area contributed by atoms with E-state index >= 15 is 0 Å². The highest BCUT2D eigenvalue weighted by Crippen LogP contribution is 2.61. The van der Waals surface area contributed by atoms with Crippen LogP contribution in [0.25, 0.3) is 0 Å². The third-order valence-corrected chi connectivity index (χ3v) is 11.7. The Kier molecular flexibility index (Phi) is 16.3. The smallest absolute Gasteiger partial charge is 0.394 e. The van der Waals surface area contributed by atoms with Gasteiger partial charge in [0.1, 0.15) is 24.4 Å². The second-order valence-corrected chi connectivity index (χ2v) is 16.6. The summed E-state index contributed by atoms with van der Waals surface area (Å²) < 4.78 is 47.6. The summed E-state index contributed by atoms with van der Waals surface area (Å²) in [7, 11) is -5.07. The first-order valence-electron chi connectivity index (χ1n) is 19.0. The number of carbonyl (C=O) groups excluding carboxylic acids is 1. The summed E-state index contributed by atoms with van der Waals surface area (Å²) in [5.74, 6) is 1.86. The second-order valence-electron chi connectivity index (χ2n) is 15.5. The number of amides is 1. The van der Waals surface area contributed by atoms with Crippen LogP contribution in [0.2, 0.25) is 0 Å². The van der Waals surface area contributed by atoms with Crippen molar-refractivity contribution in [3.63, 3.8) is 0 Å². The molecule has 0 radical (unpaired) electrons. The molecule has 1 aliphatic heterocycles. The van der Waals surface area contributed by atoms with Crippen LogP contribution in [0.4, 0.5) is 0 Å². The molecule has 0 spiro atoms.